The van der Waals surface area contributed by atoms with Crippen molar-refractivity contribution in [1.82, 2.24) is 14.9 Å². The molecular formula is C14H30ClN3O4S. The fourth-order valence-electron chi connectivity index (χ4n) is 2.42. The first-order valence-corrected chi connectivity index (χ1v) is 9.50. The molecule has 0 unspecified atom stereocenters. The lowest BCUT2D eigenvalue weighted by Gasteiger charge is -2.32. The monoisotopic (exact) mass is 371 g/mol. The van der Waals surface area contributed by atoms with E-state index in [1.807, 2.05) is 20.9 Å². The summed E-state index contributed by atoms with van der Waals surface area (Å²) in [5.41, 5.74) is 0. The summed E-state index contributed by atoms with van der Waals surface area (Å²) in [7, 11) is -1.54. The van der Waals surface area contributed by atoms with Crippen molar-refractivity contribution in [3.8, 4) is 0 Å². The first-order chi connectivity index (χ1) is 10.3. The largest absolute Gasteiger partial charge is 0.378 e. The molecule has 0 bridgehead atoms. The van der Waals surface area contributed by atoms with E-state index in [2.05, 4.69) is 10.0 Å². The Morgan fingerprint density at radius 3 is 2.43 bits per heavy atom. The Bertz CT molecular complexity index is 437. The normalized spacial score (nSPS) is 16.4. The second-order valence-corrected chi connectivity index (χ2v) is 7.87. The second-order valence-electron chi connectivity index (χ2n) is 5.94. The number of nitrogens with zero attached hydrogens (tertiary/aromatic N) is 1. The van der Waals surface area contributed by atoms with Gasteiger partial charge in [-0.15, -0.1) is 12.4 Å². The van der Waals surface area contributed by atoms with Gasteiger partial charge in [0.2, 0.25) is 15.9 Å². The molecule has 2 N–H and O–H groups in total. The standard InChI is InChI=1S/C14H29N3O4S.ClH/c1-12(2)21-8-9-22(19,20)16-11-14(18)17-6-4-13(5-7-17)10-15-3;/h12-13,15-16H,4-11H2,1-3H3;1H. The summed E-state index contributed by atoms with van der Waals surface area (Å²) in [5.74, 6) is 0.318. The zero-order chi connectivity index (χ0) is 16.6. The van der Waals surface area contributed by atoms with E-state index in [0.29, 0.717) is 19.0 Å². The fourth-order valence-corrected chi connectivity index (χ4v) is 3.23. The van der Waals surface area contributed by atoms with Gasteiger partial charge in [-0.3, -0.25) is 4.79 Å². The van der Waals surface area contributed by atoms with Crippen molar-refractivity contribution < 1.29 is 17.9 Å². The van der Waals surface area contributed by atoms with Gasteiger partial charge in [-0.2, -0.15) is 0 Å². The molecule has 0 spiro atoms. The molecule has 1 saturated heterocycles. The molecule has 1 amide bonds. The van der Waals surface area contributed by atoms with Crippen molar-refractivity contribution in [3.63, 3.8) is 0 Å². The van der Waals surface area contributed by atoms with Crippen LogP contribution in [-0.4, -0.2) is 70.9 Å². The van der Waals surface area contributed by atoms with Gasteiger partial charge in [0.05, 0.1) is 25.0 Å². The number of piperidine rings is 1. The molecule has 0 aliphatic carbocycles. The van der Waals surface area contributed by atoms with Crippen molar-refractivity contribution >= 4 is 28.3 Å². The minimum absolute atomic E-state index is 0. The van der Waals surface area contributed by atoms with E-state index in [9.17, 15) is 13.2 Å². The molecule has 1 heterocycles. The quantitative estimate of drug-likeness (QED) is 0.605. The average Bonchev–Trinajstić information content (AvgIpc) is 2.45. The Morgan fingerprint density at radius 2 is 1.91 bits per heavy atom. The number of halogens is 1. The van der Waals surface area contributed by atoms with Crippen molar-refractivity contribution in [1.29, 1.82) is 0 Å². The summed E-state index contributed by atoms with van der Waals surface area (Å²) >= 11 is 0. The molecule has 0 atom stereocenters. The van der Waals surface area contributed by atoms with E-state index in [4.69, 9.17) is 4.74 Å². The van der Waals surface area contributed by atoms with Gasteiger partial charge in [-0.05, 0) is 46.2 Å². The van der Waals surface area contributed by atoms with Gasteiger partial charge in [-0.1, -0.05) is 0 Å². The van der Waals surface area contributed by atoms with E-state index in [1.54, 1.807) is 4.90 Å². The third kappa shape index (κ3) is 9.46. The molecule has 138 valence electrons. The van der Waals surface area contributed by atoms with Gasteiger partial charge in [0.15, 0.2) is 0 Å². The number of rotatable bonds is 9. The highest BCUT2D eigenvalue weighted by Crippen LogP contribution is 2.16. The topological polar surface area (TPSA) is 87.7 Å². The van der Waals surface area contributed by atoms with Crippen LogP contribution in [0.3, 0.4) is 0 Å². The van der Waals surface area contributed by atoms with Gasteiger partial charge in [0, 0.05) is 13.1 Å². The van der Waals surface area contributed by atoms with E-state index in [0.717, 1.165) is 19.4 Å². The molecule has 0 aromatic heterocycles. The third-order valence-electron chi connectivity index (χ3n) is 3.71. The predicted octanol–water partition coefficient (Wildman–Crippen LogP) is 0.211. The van der Waals surface area contributed by atoms with E-state index in [-0.39, 0.29) is 43.3 Å². The molecule has 0 radical (unpaired) electrons. The molecule has 1 rings (SSSR count). The van der Waals surface area contributed by atoms with Crippen LogP contribution < -0.4 is 10.0 Å². The van der Waals surface area contributed by atoms with Crippen LogP contribution in [0.15, 0.2) is 0 Å². The van der Waals surface area contributed by atoms with Crippen LogP contribution in [0.1, 0.15) is 26.7 Å². The van der Waals surface area contributed by atoms with Crippen LogP contribution in [0.4, 0.5) is 0 Å². The number of amides is 1. The van der Waals surface area contributed by atoms with Gasteiger partial charge in [0.1, 0.15) is 0 Å². The van der Waals surface area contributed by atoms with Crippen molar-refractivity contribution in [2.45, 2.75) is 32.8 Å². The van der Waals surface area contributed by atoms with Gasteiger partial charge < -0.3 is 15.0 Å². The Morgan fingerprint density at radius 1 is 1.30 bits per heavy atom. The minimum Gasteiger partial charge on any atom is -0.378 e. The highest BCUT2D eigenvalue weighted by molar-refractivity contribution is 7.89. The van der Waals surface area contributed by atoms with E-state index in [1.165, 1.54) is 0 Å². The number of nitrogens with one attached hydrogen (secondary N) is 2. The summed E-state index contributed by atoms with van der Waals surface area (Å²) in [4.78, 5) is 13.8. The van der Waals surface area contributed by atoms with Crippen LogP contribution >= 0.6 is 12.4 Å². The van der Waals surface area contributed by atoms with Crippen LogP contribution in [0, 0.1) is 5.92 Å². The molecule has 23 heavy (non-hydrogen) atoms. The first-order valence-electron chi connectivity index (χ1n) is 7.85. The van der Waals surface area contributed by atoms with Crippen LogP contribution in [-0.2, 0) is 19.6 Å². The zero-order valence-electron chi connectivity index (χ0n) is 14.2. The first kappa shape index (κ1) is 22.6. The van der Waals surface area contributed by atoms with Gasteiger partial charge in [-0.25, -0.2) is 13.1 Å². The number of hydrogen-bond donors (Lipinski definition) is 2. The minimum atomic E-state index is -3.46. The highest BCUT2D eigenvalue weighted by atomic mass is 35.5. The number of likely N-dealkylation sites (tertiary alicyclic amines) is 1. The van der Waals surface area contributed by atoms with Gasteiger partial charge in [0.25, 0.3) is 0 Å². The number of carbonyl (C=O) groups is 1. The molecule has 7 nitrogen and oxygen atoms in total. The molecule has 0 aromatic carbocycles. The summed E-state index contributed by atoms with van der Waals surface area (Å²) in [6, 6.07) is 0. The predicted molar refractivity (Wildman–Crippen MR) is 93.4 cm³/mol. The van der Waals surface area contributed by atoms with E-state index >= 15 is 0 Å². The third-order valence-corrected chi connectivity index (χ3v) is 4.99. The molecule has 1 aliphatic rings. The molecule has 1 fully saturated rings. The maximum absolute atomic E-state index is 12.0. The van der Waals surface area contributed by atoms with E-state index < -0.39 is 10.0 Å². The van der Waals surface area contributed by atoms with Crippen molar-refractivity contribution in [2.24, 2.45) is 5.92 Å². The molecule has 0 aromatic rings. The Labute approximate surface area is 146 Å². The Kier molecular flexibility index (Phi) is 11.0. The lowest BCUT2D eigenvalue weighted by atomic mass is 9.97. The molecule has 1 aliphatic heterocycles. The number of sulfonamides is 1. The van der Waals surface area contributed by atoms with Crippen molar-refractivity contribution in [3.05, 3.63) is 0 Å². The zero-order valence-corrected chi connectivity index (χ0v) is 15.8. The summed E-state index contributed by atoms with van der Waals surface area (Å²) < 4.78 is 31.1. The smallest absolute Gasteiger partial charge is 0.237 e. The maximum atomic E-state index is 12.0. The number of carbonyl (C=O) groups excluding carboxylic acids is 1. The summed E-state index contributed by atoms with van der Waals surface area (Å²) in [6.07, 6.45) is 1.92. The lowest BCUT2D eigenvalue weighted by molar-refractivity contribution is -0.131. The highest BCUT2D eigenvalue weighted by Gasteiger charge is 2.23. The summed E-state index contributed by atoms with van der Waals surface area (Å²) in [6.45, 7) is 6.02. The molecule has 0 saturated carbocycles. The Balaban J connectivity index is 0.00000484. The van der Waals surface area contributed by atoms with Crippen LogP contribution in [0.5, 0.6) is 0 Å². The summed E-state index contributed by atoms with van der Waals surface area (Å²) in [5, 5.41) is 3.15. The van der Waals surface area contributed by atoms with Crippen molar-refractivity contribution in [2.75, 3.05) is 45.6 Å². The Hall–Kier alpha value is -0.410. The van der Waals surface area contributed by atoms with Crippen LogP contribution in [0.2, 0.25) is 0 Å². The molecule has 9 heteroatoms. The number of ether oxygens (including phenoxy) is 1. The van der Waals surface area contributed by atoms with Gasteiger partial charge >= 0.3 is 0 Å². The number of hydrogen-bond acceptors (Lipinski definition) is 5. The molecular weight excluding hydrogens is 342 g/mol. The second kappa shape index (κ2) is 11.2. The maximum Gasteiger partial charge on any atom is 0.237 e. The lowest BCUT2D eigenvalue weighted by Crippen LogP contribution is -2.45. The van der Waals surface area contributed by atoms with Crippen LogP contribution in [0.25, 0.3) is 0 Å². The fraction of sp³-hybridized carbons (Fsp3) is 0.929. The SMILES string of the molecule is CNCC1CCN(C(=O)CNS(=O)(=O)CCOC(C)C)CC1.Cl. The average molecular weight is 372 g/mol.